The third-order valence-electron chi connectivity index (χ3n) is 20.5. The Kier molecular flexibility index (Phi) is 8.49. The number of fused-ring (bicyclic) bond motifs is 24. The third-order valence-corrected chi connectivity index (χ3v) is 20.5. The van der Waals surface area contributed by atoms with E-state index >= 15 is 0 Å². The highest BCUT2D eigenvalue weighted by atomic mass is 16.3. The fourth-order valence-corrected chi connectivity index (χ4v) is 17.1. The topological polar surface area (TPSA) is 42.6 Å². The quantitative estimate of drug-likeness (QED) is 0.165. The van der Waals surface area contributed by atoms with Gasteiger partial charge in [0.25, 0.3) is 0 Å². The molecule has 18 aromatic rings. The van der Waals surface area contributed by atoms with Gasteiger partial charge in [-0.2, -0.15) is 0 Å². The lowest BCUT2D eigenvalue weighted by atomic mass is 9.44. The average Bonchev–Trinajstić information content (AvgIpc) is 1.74. The van der Waals surface area contributed by atoms with Crippen molar-refractivity contribution in [1.82, 2.24) is 8.96 Å². The summed E-state index contributed by atoms with van der Waals surface area (Å²) < 4.78 is 18.5. The molecule has 4 aliphatic heterocycles. The minimum absolute atomic E-state index is 0.118. The van der Waals surface area contributed by atoms with E-state index in [9.17, 15) is 0 Å². The van der Waals surface area contributed by atoms with Crippen LogP contribution in [0.2, 0.25) is 0 Å². The molecule has 0 fully saturated rings. The number of hydrogen-bond acceptors (Lipinski definition) is 4. The lowest BCUT2D eigenvalue weighted by molar-refractivity contribution is 0.616. The zero-order valence-electron chi connectivity index (χ0n) is 47.2. The van der Waals surface area contributed by atoms with E-state index in [-0.39, 0.29) is 13.7 Å². The van der Waals surface area contributed by atoms with Crippen LogP contribution in [0.25, 0.3) is 142 Å². The zero-order valence-corrected chi connectivity index (χ0v) is 47.2. The molecule has 0 radical (unpaired) electrons. The van der Waals surface area contributed by atoms with Gasteiger partial charge in [-0.05, 0) is 144 Å². The molecule has 0 amide bonds. The molecule has 402 valence electrons. The molecule has 0 N–H and O–H groups in total. The Balaban J connectivity index is 0.786. The molecule has 4 aromatic heterocycles. The summed E-state index contributed by atoms with van der Waals surface area (Å²) >= 11 is 0. The van der Waals surface area contributed by atoms with Gasteiger partial charge in [-0.25, -0.2) is 0 Å². The predicted octanol–water partition coefficient (Wildman–Crippen LogP) is 18.5. The summed E-state index contributed by atoms with van der Waals surface area (Å²) in [5, 5.41) is 16.9. The van der Waals surface area contributed by atoms with Gasteiger partial charge in [0.2, 0.25) is 0 Å². The Labute approximate surface area is 503 Å². The molecule has 0 bridgehead atoms. The Morgan fingerprint density at radius 3 is 1.82 bits per heavy atom. The summed E-state index contributed by atoms with van der Waals surface area (Å²) in [6.07, 6.45) is 3.74. The highest BCUT2D eigenvalue weighted by Crippen LogP contribution is 2.53. The summed E-state index contributed by atoms with van der Waals surface area (Å²) in [6, 6.07) is 95.8. The molecular formula is C80H44B2N4O2. The number of rotatable bonds is 3. The highest BCUT2D eigenvalue weighted by Gasteiger charge is 2.47. The standard InChI is InChI=1S/C80H44B2N4O2/c1-4-17-54-46(13-1)16-11-26-65(54)84-70-44-71-60(36-38-87-71)72-63-42-52(41-62-58-21-8-10-25-67(58)85(78(62)63)81(75(70)72)64-33-30-48-15-3-6-19-56(48)79(64)84)49-28-27-45-29-32-53(40-51(45)39-49)83-68-34-31-47-14-2-5-18-55(47)74(68)82-76-69(83)43-50-35-37-88-80(50)73(76)61-23-12-22-59-57-20-7-9-24-66(57)86(82)77(59)61/h1-44H. The molecule has 8 heteroatoms. The van der Waals surface area contributed by atoms with Gasteiger partial charge in [-0.15, -0.1) is 0 Å². The zero-order chi connectivity index (χ0) is 56.8. The molecule has 22 rings (SSSR count). The maximum atomic E-state index is 6.60. The summed E-state index contributed by atoms with van der Waals surface area (Å²) in [5.41, 5.74) is 25.9. The molecule has 0 aliphatic carbocycles. The number of hydrogen-bond donors (Lipinski definition) is 0. The first-order valence-corrected chi connectivity index (χ1v) is 30.5. The summed E-state index contributed by atoms with van der Waals surface area (Å²) in [4.78, 5) is 5.10. The Morgan fingerprint density at radius 2 is 0.955 bits per heavy atom. The number of anilines is 6. The SMILES string of the molecule is c1ccc2c(N3c4cc5occc5c5c4B(c4ccc6ccccc6c43)n3c4ccccc4c4cc(-c6ccc7ccc(N8c9cc%10ccoc%10c%10c9B(c9c8ccc8ccccc98)n8c9ccccc9c9cccc-%10c98)cc7c6)cc-5c43)cccc2c1. The van der Waals surface area contributed by atoms with Crippen LogP contribution < -0.4 is 31.7 Å². The Bertz CT molecular complexity index is 6260. The van der Waals surface area contributed by atoms with Crippen LogP contribution in [-0.4, -0.2) is 22.7 Å². The average molecular weight is 1110 g/mol. The van der Waals surface area contributed by atoms with Crippen LogP contribution in [0.4, 0.5) is 34.1 Å². The highest BCUT2D eigenvalue weighted by molar-refractivity contribution is 6.92. The summed E-state index contributed by atoms with van der Waals surface area (Å²) in [5.74, 6) is 0. The van der Waals surface area contributed by atoms with Gasteiger partial charge in [-0.1, -0.05) is 176 Å². The smallest absolute Gasteiger partial charge is 0.333 e. The van der Waals surface area contributed by atoms with Crippen molar-refractivity contribution in [2.75, 3.05) is 9.80 Å². The van der Waals surface area contributed by atoms with Gasteiger partial charge < -0.3 is 27.6 Å². The van der Waals surface area contributed by atoms with Crippen molar-refractivity contribution < 1.29 is 8.83 Å². The number of furan rings is 2. The van der Waals surface area contributed by atoms with Crippen LogP contribution in [0.15, 0.2) is 276 Å². The number of aromatic nitrogens is 2. The number of benzene rings is 14. The van der Waals surface area contributed by atoms with Crippen LogP contribution in [0, 0.1) is 0 Å². The molecule has 0 spiro atoms. The van der Waals surface area contributed by atoms with E-state index in [2.05, 4.69) is 274 Å². The van der Waals surface area contributed by atoms with E-state index in [4.69, 9.17) is 8.83 Å². The fourth-order valence-electron chi connectivity index (χ4n) is 17.1. The van der Waals surface area contributed by atoms with Gasteiger partial charge in [0, 0.05) is 111 Å². The second-order valence-corrected chi connectivity index (χ2v) is 24.6. The second kappa shape index (κ2) is 16.3. The molecule has 4 aliphatic rings. The van der Waals surface area contributed by atoms with Crippen LogP contribution >= 0.6 is 0 Å². The van der Waals surface area contributed by atoms with Crippen LogP contribution in [0.5, 0.6) is 0 Å². The predicted molar refractivity (Wildman–Crippen MR) is 369 cm³/mol. The minimum Gasteiger partial charge on any atom is -0.464 e. The van der Waals surface area contributed by atoms with Gasteiger partial charge in [-0.3, -0.25) is 0 Å². The summed E-state index contributed by atoms with van der Waals surface area (Å²) in [7, 11) is 0. The van der Waals surface area contributed by atoms with Gasteiger partial charge in [0.1, 0.15) is 11.2 Å². The monoisotopic (exact) mass is 1110 g/mol. The van der Waals surface area contributed by atoms with Crippen LogP contribution in [0.1, 0.15) is 0 Å². The van der Waals surface area contributed by atoms with Gasteiger partial charge in [0.15, 0.2) is 0 Å². The van der Waals surface area contributed by atoms with Gasteiger partial charge >= 0.3 is 13.7 Å². The molecule has 8 heterocycles. The van der Waals surface area contributed by atoms with Crippen molar-refractivity contribution in [2.45, 2.75) is 0 Å². The minimum atomic E-state index is -0.124. The van der Waals surface area contributed by atoms with E-state index in [0.29, 0.717) is 0 Å². The van der Waals surface area contributed by atoms with Crippen molar-refractivity contribution in [3.05, 3.63) is 267 Å². The normalized spacial score (nSPS) is 13.6. The lowest BCUT2D eigenvalue weighted by Crippen LogP contribution is -2.57. The van der Waals surface area contributed by atoms with Crippen molar-refractivity contribution in [3.63, 3.8) is 0 Å². The molecule has 6 nitrogen and oxygen atoms in total. The second-order valence-electron chi connectivity index (χ2n) is 24.6. The number of para-hydroxylation sites is 3. The largest absolute Gasteiger partial charge is 0.464 e. The molecular weight excluding hydrogens is 1070 g/mol. The van der Waals surface area contributed by atoms with E-state index < -0.39 is 0 Å². The summed E-state index contributed by atoms with van der Waals surface area (Å²) in [6.45, 7) is -0.242. The number of nitrogens with zero attached hydrogens (tertiary/aromatic N) is 4. The fraction of sp³-hybridized carbons (Fsp3) is 0. The van der Waals surface area contributed by atoms with Gasteiger partial charge in [0.05, 0.1) is 23.9 Å². The van der Waals surface area contributed by atoms with Crippen molar-refractivity contribution in [1.29, 1.82) is 0 Å². The van der Waals surface area contributed by atoms with E-state index in [1.807, 2.05) is 12.5 Å². The Hall–Kier alpha value is -11.5. The third kappa shape index (κ3) is 5.63. The van der Waals surface area contributed by atoms with Crippen LogP contribution in [-0.2, 0) is 0 Å². The molecule has 14 aromatic carbocycles. The molecule has 0 saturated carbocycles. The lowest BCUT2D eigenvalue weighted by Gasteiger charge is -2.41. The Morgan fingerprint density at radius 1 is 0.307 bits per heavy atom. The van der Waals surface area contributed by atoms with E-state index in [1.165, 1.54) is 153 Å². The first kappa shape index (κ1) is 45.9. The van der Waals surface area contributed by atoms with E-state index in [0.717, 1.165) is 44.6 Å². The first-order chi connectivity index (χ1) is 43.7. The van der Waals surface area contributed by atoms with E-state index in [1.54, 1.807) is 0 Å². The maximum absolute atomic E-state index is 6.60. The first-order valence-electron chi connectivity index (χ1n) is 30.5. The molecule has 0 unspecified atom stereocenters. The van der Waals surface area contributed by atoms with Crippen molar-refractivity contribution in [3.8, 4) is 33.4 Å². The maximum Gasteiger partial charge on any atom is 0.333 e. The van der Waals surface area contributed by atoms with Crippen molar-refractivity contribution >= 4 is 178 Å². The molecule has 0 atom stereocenters. The van der Waals surface area contributed by atoms with Crippen LogP contribution in [0.3, 0.4) is 0 Å². The molecule has 0 saturated heterocycles. The molecule has 88 heavy (non-hydrogen) atoms. The van der Waals surface area contributed by atoms with Crippen molar-refractivity contribution in [2.24, 2.45) is 0 Å².